The summed E-state index contributed by atoms with van der Waals surface area (Å²) in [6.07, 6.45) is 6.97. The van der Waals surface area contributed by atoms with Crippen LogP contribution in [0.25, 0.3) is 5.57 Å². The van der Waals surface area contributed by atoms with Crippen molar-refractivity contribution in [1.29, 1.82) is 5.26 Å². The minimum atomic E-state index is -0.513. The molecule has 142 valence electrons. The topological polar surface area (TPSA) is 73.6 Å². The van der Waals surface area contributed by atoms with E-state index in [-0.39, 0.29) is 30.4 Å². The molecule has 0 radical (unpaired) electrons. The highest BCUT2D eigenvalue weighted by Crippen LogP contribution is 2.45. The van der Waals surface area contributed by atoms with Crippen molar-refractivity contribution in [2.75, 3.05) is 19.8 Å². The summed E-state index contributed by atoms with van der Waals surface area (Å²) in [5.41, 5.74) is 3.59. The zero-order valence-corrected chi connectivity index (χ0v) is 15.5. The number of likely N-dealkylation sites (tertiary alicyclic amines) is 1. The van der Waals surface area contributed by atoms with Crippen LogP contribution < -0.4 is 0 Å². The first kappa shape index (κ1) is 18.2. The van der Waals surface area contributed by atoms with Gasteiger partial charge in [-0.15, -0.1) is 0 Å². The van der Waals surface area contributed by atoms with E-state index in [1.807, 2.05) is 12.1 Å². The quantitative estimate of drug-likeness (QED) is 0.889. The number of allylic oxidation sites excluding steroid dienone is 2. The molecule has 0 aromatic heterocycles. The number of carbonyl (C=O) groups excluding carboxylic acids is 1. The van der Waals surface area contributed by atoms with Crippen LogP contribution in [0.1, 0.15) is 49.1 Å². The molecular formula is C22H26N2O3. The first-order valence-electron chi connectivity index (χ1n) is 9.95. The highest BCUT2D eigenvalue weighted by molar-refractivity contribution is 5.82. The van der Waals surface area contributed by atoms with Crippen molar-refractivity contribution in [3.63, 3.8) is 0 Å². The SMILES string of the molecule is N#C[C@H]1[C@@H](c2ccccc2C2=CCCC2)[C@@H](CO)N1C(=O)C1CCOCC1. The predicted molar refractivity (Wildman–Crippen MR) is 102 cm³/mol. The number of benzene rings is 1. The number of hydrogen-bond donors (Lipinski definition) is 1. The normalized spacial score (nSPS) is 28.4. The molecule has 0 saturated carbocycles. The van der Waals surface area contributed by atoms with Crippen molar-refractivity contribution in [1.82, 2.24) is 4.90 Å². The molecule has 27 heavy (non-hydrogen) atoms. The molecule has 1 aromatic rings. The molecule has 0 spiro atoms. The Morgan fingerprint density at radius 2 is 2.07 bits per heavy atom. The van der Waals surface area contributed by atoms with Crippen LogP contribution >= 0.6 is 0 Å². The molecule has 1 N–H and O–H groups in total. The van der Waals surface area contributed by atoms with Crippen LogP contribution in [0.4, 0.5) is 0 Å². The average Bonchev–Trinajstić information content (AvgIpc) is 3.23. The zero-order chi connectivity index (χ0) is 18.8. The van der Waals surface area contributed by atoms with E-state index in [9.17, 15) is 15.2 Å². The monoisotopic (exact) mass is 366 g/mol. The van der Waals surface area contributed by atoms with E-state index in [0.717, 1.165) is 24.8 Å². The zero-order valence-electron chi connectivity index (χ0n) is 15.5. The van der Waals surface area contributed by atoms with Crippen LogP contribution in [0, 0.1) is 17.2 Å². The number of nitriles is 1. The number of aliphatic hydroxyl groups is 1. The first-order valence-corrected chi connectivity index (χ1v) is 9.95. The lowest BCUT2D eigenvalue weighted by Crippen LogP contribution is -2.66. The van der Waals surface area contributed by atoms with E-state index in [4.69, 9.17) is 4.74 Å². The van der Waals surface area contributed by atoms with Crippen LogP contribution in [-0.2, 0) is 9.53 Å². The third-order valence-electron chi connectivity index (χ3n) is 6.26. The number of nitrogens with zero attached hydrogens (tertiary/aromatic N) is 2. The highest BCUT2D eigenvalue weighted by atomic mass is 16.5. The Bertz CT molecular complexity index is 776. The molecule has 4 rings (SSSR count). The van der Waals surface area contributed by atoms with Gasteiger partial charge in [0, 0.05) is 25.0 Å². The smallest absolute Gasteiger partial charge is 0.227 e. The maximum absolute atomic E-state index is 13.0. The van der Waals surface area contributed by atoms with Gasteiger partial charge in [0.2, 0.25) is 5.91 Å². The summed E-state index contributed by atoms with van der Waals surface area (Å²) in [7, 11) is 0. The third kappa shape index (κ3) is 3.18. The number of rotatable bonds is 4. The summed E-state index contributed by atoms with van der Waals surface area (Å²) < 4.78 is 5.36. The van der Waals surface area contributed by atoms with Gasteiger partial charge in [-0.1, -0.05) is 30.3 Å². The van der Waals surface area contributed by atoms with Crippen molar-refractivity contribution in [2.24, 2.45) is 5.92 Å². The minimum Gasteiger partial charge on any atom is -0.394 e. The van der Waals surface area contributed by atoms with Crippen LogP contribution in [0.2, 0.25) is 0 Å². The summed E-state index contributed by atoms with van der Waals surface area (Å²) in [6, 6.07) is 9.68. The van der Waals surface area contributed by atoms with E-state index in [2.05, 4.69) is 24.3 Å². The molecule has 3 aliphatic rings. The van der Waals surface area contributed by atoms with Gasteiger partial charge in [-0.2, -0.15) is 5.26 Å². The Morgan fingerprint density at radius 1 is 1.30 bits per heavy atom. The summed E-state index contributed by atoms with van der Waals surface area (Å²) in [6.45, 7) is 1.06. The van der Waals surface area contributed by atoms with E-state index in [1.165, 1.54) is 11.1 Å². The van der Waals surface area contributed by atoms with Gasteiger partial charge in [0.25, 0.3) is 0 Å². The van der Waals surface area contributed by atoms with E-state index >= 15 is 0 Å². The van der Waals surface area contributed by atoms with Crippen molar-refractivity contribution in [3.8, 4) is 6.07 Å². The number of hydrogen-bond acceptors (Lipinski definition) is 4. The summed E-state index contributed by atoms with van der Waals surface area (Å²) in [5, 5.41) is 19.9. The van der Waals surface area contributed by atoms with Crippen molar-refractivity contribution in [3.05, 3.63) is 41.5 Å². The maximum atomic E-state index is 13.0. The van der Waals surface area contributed by atoms with E-state index < -0.39 is 6.04 Å². The maximum Gasteiger partial charge on any atom is 0.227 e. The van der Waals surface area contributed by atoms with Gasteiger partial charge < -0.3 is 14.7 Å². The second kappa shape index (κ2) is 7.84. The Balaban J connectivity index is 1.63. The van der Waals surface area contributed by atoms with Crippen LogP contribution in [-0.4, -0.2) is 47.8 Å². The molecule has 3 atom stereocenters. The number of aliphatic hydroxyl groups excluding tert-OH is 1. The lowest BCUT2D eigenvalue weighted by Gasteiger charge is -2.53. The van der Waals surface area contributed by atoms with Crippen molar-refractivity contribution in [2.45, 2.75) is 50.1 Å². The fourth-order valence-corrected chi connectivity index (χ4v) is 4.83. The molecule has 5 nitrogen and oxygen atoms in total. The predicted octanol–water partition coefficient (Wildman–Crippen LogP) is 2.86. The second-order valence-corrected chi connectivity index (χ2v) is 7.69. The number of amides is 1. The van der Waals surface area contributed by atoms with Gasteiger partial charge in [0.15, 0.2) is 0 Å². The minimum absolute atomic E-state index is 0.00212. The summed E-state index contributed by atoms with van der Waals surface area (Å²) in [5.74, 6) is -0.239. The van der Waals surface area contributed by atoms with Gasteiger partial charge in [-0.05, 0) is 48.8 Å². The van der Waals surface area contributed by atoms with Crippen LogP contribution in [0.5, 0.6) is 0 Å². The fourth-order valence-electron chi connectivity index (χ4n) is 4.83. The Labute approximate surface area is 160 Å². The van der Waals surface area contributed by atoms with Gasteiger partial charge in [-0.3, -0.25) is 4.79 Å². The van der Waals surface area contributed by atoms with Crippen molar-refractivity contribution < 1.29 is 14.6 Å². The third-order valence-corrected chi connectivity index (χ3v) is 6.26. The van der Waals surface area contributed by atoms with Crippen LogP contribution in [0.15, 0.2) is 30.3 Å². The summed E-state index contributed by atoms with van der Waals surface area (Å²) in [4.78, 5) is 14.7. The van der Waals surface area contributed by atoms with Gasteiger partial charge in [-0.25, -0.2) is 0 Å². The standard InChI is InChI=1S/C22H26N2O3/c23-13-19-21(18-8-4-3-7-17(18)15-5-1-2-6-15)20(14-25)24(19)22(26)16-9-11-27-12-10-16/h3-5,7-8,16,19-21,25H,1-2,6,9-12,14H2/t19-,20+,21+/m0/s1. The molecular weight excluding hydrogens is 340 g/mol. The second-order valence-electron chi connectivity index (χ2n) is 7.69. The molecule has 2 heterocycles. The van der Waals surface area contributed by atoms with Gasteiger partial charge >= 0.3 is 0 Å². The molecule has 2 fully saturated rings. The average molecular weight is 366 g/mol. The lowest BCUT2D eigenvalue weighted by atomic mass is 9.72. The Kier molecular flexibility index (Phi) is 5.29. The first-order chi connectivity index (χ1) is 13.3. The lowest BCUT2D eigenvalue weighted by molar-refractivity contribution is -0.154. The van der Waals surface area contributed by atoms with E-state index in [0.29, 0.717) is 26.1 Å². The molecule has 1 amide bonds. The molecule has 1 aliphatic carbocycles. The van der Waals surface area contributed by atoms with Crippen molar-refractivity contribution >= 4 is 11.5 Å². The number of ether oxygens (including phenoxy) is 1. The number of carbonyl (C=O) groups is 1. The molecule has 0 unspecified atom stereocenters. The summed E-state index contributed by atoms with van der Waals surface area (Å²) >= 11 is 0. The Hall–Kier alpha value is -2.16. The largest absolute Gasteiger partial charge is 0.394 e. The van der Waals surface area contributed by atoms with Gasteiger partial charge in [0.1, 0.15) is 6.04 Å². The molecule has 2 aliphatic heterocycles. The molecule has 0 bridgehead atoms. The fraction of sp³-hybridized carbons (Fsp3) is 0.545. The van der Waals surface area contributed by atoms with Crippen LogP contribution in [0.3, 0.4) is 0 Å². The Morgan fingerprint density at radius 3 is 2.74 bits per heavy atom. The molecule has 1 aromatic carbocycles. The highest BCUT2D eigenvalue weighted by Gasteiger charge is 2.53. The molecule has 5 heteroatoms. The molecule has 2 saturated heterocycles. The van der Waals surface area contributed by atoms with Gasteiger partial charge in [0.05, 0.1) is 18.7 Å². The van der Waals surface area contributed by atoms with E-state index in [1.54, 1.807) is 4.90 Å².